The number of nitrogens with two attached hydrogens (primary N) is 2. The number of piperazine rings is 1. The molecule has 2 amide bonds. The number of aliphatic hydroxyl groups is 3. The first-order chi connectivity index (χ1) is 44.5. The Morgan fingerprint density at radius 2 is 1.60 bits per heavy atom. The van der Waals surface area contributed by atoms with Crippen LogP contribution in [0.1, 0.15) is 149 Å². The molecule has 1 aliphatic carbocycles. The maximum atomic E-state index is 13.0. The number of nitrogens with zero attached hydrogens (tertiary/aromatic N) is 7. The van der Waals surface area contributed by atoms with Crippen LogP contribution in [0, 0.1) is 17.2 Å². The van der Waals surface area contributed by atoms with Gasteiger partial charge in [-0.15, -0.1) is 0 Å². The number of amides is 2. The van der Waals surface area contributed by atoms with Crippen molar-refractivity contribution in [3.63, 3.8) is 0 Å². The fourth-order valence-electron chi connectivity index (χ4n) is 10.7. The molecule has 2 saturated heterocycles. The van der Waals surface area contributed by atoms with Crippen molar-refractivity contribution in [2.45, 2.75) is 158 Å². The molecule has 93 heavy (non-hydrogen) atoms. The average molecular weight is 1310 g/mol. The summed E-state index contributed by atoms with van der Waals surface area (Å²) >= 11 is 5.75. The first kappa shape index (κ1) is 81.0. The van der Waals surface area contributed by atoms with Gasteiger partial charge in [-0.05, 0) is 130 Å². The van der Waals surface area contributed by atoms with E-state index in [1.807, 2.05) is 90.9 Å². The van der Waals surface area contributed by atoms with Crippen molar-refractivity contribution in [3.05, 3.63) is 138 Å². The van der Waals surface area contributed by atoms with E-state index in [4.69, 9.17) is 47.9 Å². The highest BCUT2D eigenvalue weighted by Gasteiger charge is 2.34. The van der Waals surface area contributed by atoms with Crippen LogP contribution in [0.5, 0.6) is 5.75 Å². The lowest BCUT2D eigenvalue weighted by molar-refractivity contribution is -0.157. The van der Waals surface area contributed by atoms with Crippen molar-refractivity contribution in [2.24, 2.45) is 17.4 Å². The van der Waals surface area contributed by atoms with Gasteiger partial charge < -0.3 is 65.6 Å². The minimum absolute atomic E-state index is 0.00500. The Balaban J connectivity index is 0.000000437. The van der Waals surface area contributed by atoms with Crippen molar-refractivity contribution in [2.75, 3.05) is 74.2 Å². The summed E-state index contributed by atoms with van der Waals surface area (Å²) in [4.78, 5) is 82.4. The molecule has 512 valence electrons. The number of cyclic esters (lactones) is 2. The smallest absolute Gasteiger partial charge is 0.340 e. The monoisotopic (exact) mass is 1310 g/mol. The second kappa shape index (κ2) is 42.2. The summed E-state index contributed by atoms with van der Waals surface area (Å²) in [6, 6.07) is 9.98. The van der Waals surface area contributed by atoms with E-state index in [9.17, 15) is 39.0 Å². The highest BCUT2D eigenvalue weighted by atomic mass is 35.5. The SMILES string of the molecule is C=C/C(O)=C(C)\C(Cl)=C(/C)C#N.CC.CC.CC1=C(C=O)COC(=O)C1.CC1CN(CC2CCN(/C(N)=C/C=C(\N)C(=O)NC3CCCCC3)CC2)CCN1C=O.CC=CC.CO.COc1ccc2nc3c(cc2c1CN(C)C)Cn1c-3cc2c(c1=O)COC(=O)C2O. The van der Waals surface area contributed by atoms with E-state index in [1.165, 1.54) is 25.3 Å². The Morgan fingerprint density at radius 1 is 0.957 bits per heavy atom. The second-order valence-electron chi connectivity index (χ2n) is 22.5. The zero-order valence-electron chi connectivity index (χ0n) is 57.3. The summed E-state index contributed by atoms with van der Waals surface area (Å²) in [7, 11) is 6.64. The Morgan fingerprint density at radius 3 is 2.15 bits per heavy atom. The van der Waals surface area contributed by atoms with Crippen LogP contribution in [0.15, 0.2) is 111 Å². The van der Waals surface area contributed by atoms with Crippen LogP contribution in [0.25, 0.3) is 22.3 Å². The van der Waals surface area contributed by atoms with Gasteiger partial charge in [-0.3, -0.25) is 28.9 Å². The number of hydrogen-bond donors (Lipinski definition) is 6. The van der Waals surface area contributed by atoms with Crippen molar-refractivity contribution in [1.82, 2.24) is 34.5 Å². The number of aldehydes is 1. The summed E-state index contributed by atoms with van der Waals surface area (Å²) < 4.78 is 16.8. The lowest BCUT2D eigenvalue weighted by Gasteiger charge is -2.41. The zero-order chi connectivity index (χ0) is 70.1. The van der Waals surface area contributed by atoms with Gasteiger partial charge in [0.05, 0.1) is 65.2 Å². The van der Waals surface area contributed by atoms with Gasteiger partial charge in [0.1, 0.15) is 31.0 Å². The van der Waals surface area contributed by atoms with E-state index < -0.39 is 12.1 Å². The van der Waals surface area contributed by atoms with Crippen LogP contribution in [-0.2, 0) is 53.1 Å². The number of nitriles is 1. The molecule has 2 unspecified atom stereocenters. The van der Waals surface area contributed by atoms with Gasteiger partial charge in [0, 0.05) is 104 Å². The van der Waals surface area contributed by atoms with Crippen LogP contribution < -0.4 is 27.1 Å². The molecule has 1 aromatic carbocycles. The van der Waals surface area contributed by atoms with Crippen molar-refractivity contribution >= 4 is 53.0 Å². The molecule has 0 radical (unpaired) electrons. The molecule has 3 fully saturated rings. The predicted octanol–water partition coefficient (Wildman–Crippen LogP) is 9.27. The molecule has 7 heterocycles. The average Bonchev–Trinajstić information content (AvgIpc) is 1.62. The quantitative estimate of drug-likeness (QED) is 0.0138. The van der Waals surface area contributed by atoms with E-state index in [-0.39, 0.29) is 65.6 Å². The van der Waals surface area contributed by atoms with Crippen LogP contribution >= 0.6 is 11.6 Å². The minimum Gasteiger partial charge on any atom is -0.508 e. The van der Waals surface area contributed by atoms with E-state index >= 15 is 0 Å². The molecular formula is C70H103ClN10O12. The topological polar surface area (TPSA) is 309 Å². The third-order valence-electron chi connectivity index (χ3n) is 16.0. The van der Waals surface area contributed by atoms with Crippen LogP contribution in [-0.4, -0.2) is 161 Å². The number of allylic oxidation sites excluding steroid dienone is 8. The number of fused-ring (bicyclic) bond motifs is 5. The highest BCUT2D eigenvalue weighted by Crippen LogP contribution is 2.38. The van der Waals surface area contributed by atoms with Gasteiger partial charge in [0.25, 0.3) is 11.5 Å². The first-order valence-corrected chi connectivity index (χ1v) is 32.2. The van der Waals surface area contributed by atoms with Crippen LogP contribution in [0.3, 0.4) is 0 Å². The molecule has 8 N–H and O–H groups in total. The van der Waals surface area contributed by atoms with E-state index in [2.05, 4.69) is 44.3 Å². The number of aromatic nitrogens is 2. The molecule has 3 aromatic rings. The molecule has 9 rings (SSSR count). The van der Waals surface area contributed by atoms with Crippen LogP contribution in [0.4, 0.5) is 0 Å². The summed E-state index contributed by atoms with van der Waals surface area (Å²) in [6.07, 6.45) is 17.1. The number of likely N-dealkylation sites (tertiary alicyclic amines) is 1. The van der Waals surface area contributed by atoms with Gasteiger partial charge in [-0.1, -0.05) is 82.9 Å². The van der Waals surface area contributed by atoms with Gasteiger partial charge in [-0.2, -0.15) is 5.26 Å². The fourth-order valence-corrected chi connectivity index (χ4v) is 10.8. The number of rotatable bonds is 13. The number of methoxy groups -OCH3 is 1. The molecular weight excluding hydrogens is 1210 g/mol. The Hall–Kier alpha value is -8.07. The normalized spacial score (nSPS) is 18.4. The lowest BCUT2D eigenvalue weighted by Crippen LogP contribution is -2.52. The molecule has 0 spiro atoms. The minimum atomic E-state index is -1.45. The number of carbonyl (C=O) groups excluding carboxylic acids is 5. The lowest BCUT2D eigenvalue weighted by atomic mass is 9.95. The van der Waals surface area contributed by atoms with E-state index in [0.29, 0.717) is 64.1 Å². The van der Waals surface area contributed by atoms with Crippen LogP contribution in [0.2, 0.25) is 0 Å². The van der Waals surface area contributed by atoms with Crippen molar-refractivity contribution in [3.8, 4) is 23.2 Å². The number of carbonyl (C=O) groups is 5. The number of halogens is 1. The van der Waals surface area contributed by atoms with Gasteiger partial charge in [0.15, 0.2) is 6.10 Å². The molecule has 5 aliphatic heterocycles. The summed E-state index contributed by atoms with van der Waals surface area (Å²) in [5.74, 6) is 0.925. The number of hydrogen-bond acceptors (Lipinski definition) is 19. The third-order valence-corrected chi connectivity index (χ3v) is 16.5. The number of nitrogens with one attached hydrogen (secondary N) is 1. The zero-order valence-corrected chi connectivity index (χ0v) is 58.0. The van der Waals surface area contributed by atoms with Gasteiger partial charge >= 0.3 is 11.9 Å². The summed E-state index contributed by atoms with van der Waals surface area (Å²) in [5, 5.41) is 39.2. The van der Waals surface area contributed by atoms with Gasteiger partial charge in [-0.25, -0.2) is 9.78 Å². The van der Waals surface area contributed by atoms with E-state index in [0.717, 1.165) is 118 Å². The predicted molar refractivity (Wildman–Crippen MR) is 367 cm³/mol. The standard InChI is InChI=1S/C23H40N6O2.C22H21N3O5.C9H10ClNO.C7H8O3.C4H8.2C2H6.CH4O/c1-18-15-27(13-14-29(18)17-30)16-19-9-11-28(12-10-19)22(25)8-7-21(24)23(31)26-20-5-3-2-4-6-20;1-24(2)9-14-12-6-11-8-25-17(19(11)23-16(12)4-5-18(14)29-3)7-13-15(21(25)27)10-30-22(28)20(13)26;1-4-8(12)7(3)9(10)6(2)5-11;1-5-2-7(9)10-4-6(5)3-8;1-3-4-2;3*1-2/h7-8,17-20H,2-6,9-16,24-25H2,1H3,(H,26,31);4-7,20,26H,8-10H2,1-3H3;4,12H,1H2,2-3H3;3H,2,4H2,1H3;3-4H,1-2H3;2*1-2H3;2H,1H3/b21-7-,22-8+;;8-7+,9-6-;;;;;. The Bertz CT molecular complexity index is 3290. The molecule has 0 bridgehead atoms. The summed E-state index contributed by atoms with van der Waals surface area (Å²) in [6.45, 7) is 29.2. The number of pyridine rings is 2. The second-order valence-corrected chi connectivity index (χ2v) is 22.9. The highest BCUT2D eigenvalue weighted by molar-refractivity contribution is 6.32. The number of esters is 2. The van der Waals surface area contributed by atoms with Crippen molar-refractivity contribution in [1.29, 1.82) is 5.26 Å². The molecule has 22 nitrogen and oxygen atoms in total. The molecule has 6 aliphatic rings. The number of aliphatic hydroxyl groups excluding tert-OH is 3. The van der Waals surface area contributed by atoms with Gasteiger partial charge in [0.2, 0.25) is 6.41 Å². The number of ether oxygens (including phenoxy) is 3. The molecule has 23 heteroatoms. The number of piperidine rings is 1. The number of benzene rings is 1. The first-order valence-electron chi connectivity index (χ1n) is 31.8. The maximum Gasteiger partial charge on any atom is 0.340 e. The largest absolute Gasteiger partial charge is 0.508 e. The maximum absolute atomic E-state index is 13.0. The Kier molecular flexibility index (Phi) is 36.8. The fraction of sp³-hybridized carbons (Fsp3) is 0.514. The summed E-state index contributed by atoms with van der Waals surface area (Å²) in [5.41, 5.74) is 19.1. The molecule has 2 aromatic heterocycles. The molecule has 1 saturated carbocycles. The van der Waals surface area contributed by atoms with E-state index in [1.54, 1.807) is 50.7 Å². The third kappa shape index (κ3) is 23.8. The van der Waals surface area contributed by atoms with Crippen molar-refractivity contribution < 1.29 is 53.5 Å². The Labute approximate surface area is 555 Å². The molecule has 2 atom stereocenters.